The van der Waals surface area contributed by atoms with Crippen LogP contribution in [-0.4, -0.2) is 33.1 Å². The molecule has 0 aromatic heterocycles. The molecule has 3 aliphatic carbocycles. The Kier molecular flexibility index (Phi) is 11.8. The maximum Gasteiger partial charge on any atom is 0.196 e. The van der Waals surface area contributed by atoms with Crippen LogP contribution >= 0.6 is 0 Å². The van der Waals surface area contributed by atoms with Gasteiger partial charge in [-0.2, -0.15) is 4.39 Å². The van der Waals surface area contributed by atoms with E-state index in [2.05, 4.69) is 100 Å². The van der Waals surface area contributed by atoms with Crippen molar-refractivity contribution in [3.63, 3.8) is 0 Å². The van der Waals surface area contributed by atoms with E-state index in [1.54, 1.807) is 30.3 Å². The summed E-state index contributed by atoms with van der Waals surface area (Å²) in [6.07, 6.45) is 13.3. The van der Waals surface area contributed by atoms with Crippen molar-refractivity contribution in [1.82, 2.24) is 0 Å². The molecule has 3 aliphatic rings. The number of halogens is 1. The van der Waals surface area contributed by atoms with Crippen LogP contribution in [0.1, 0.15) is 100 Å². The summed E-state index contributed by atoms with van der Waals surface area (Å²) >= 11 is 0. The van der Waals surface area contributed by atoms with E-state index in [1.165, 1.54) is 17.2 Å². The lowest BCUT2D eigenvalue weighted by Gasteiger charge is -2.45. The summed E-state index contributed by atoms with van der Waals surface area (Å²) in [5.74, 6) is 0.578. The zero-order chi connectivity index (χ0) is 36.8. The molecule has 0 saturated heterocycles. The quantitative estimate of drug-likeness (QED) is 0.258. The maximum absolute atomic E-state index is 15.5. The van der Waals surface area contributed by atoms with E-state index in [9.17, 15) is 4.21 Å². The zero-order valence-electron chi connectivity index (χ0n) is 32.7. The Morgan fingerprint density at radius 1 is 1.02 bits per heavy atom. The van der Waals surface area contributed by atoms with Gasteiger partial charge in [0.15, 0.2) is 21.8 Å². The summed E-state index contributed by atoms with van der Waals surface area (Å²) in [6, 6.07) is 8.37. The van der Waals surface area contributed by atoms with Gasteiger partial charge in [-0.25, -0.2) is 8.99 Å². The van der Waals surface area contributed by atoms with Crippen molar-refractivity contribution in [3.05, 3.63) is 77.0 Å². The van der Waals surface area contributed by atoms with Crippen molar-refractivity contribution < 1.29 is 17.5 Å². The Labute approximate surface area is 301 Å². The second kappa shape index (κ2) is 14.4. The summed E-state index contributed by atoms with van der Waals surface area (Å²) in [7, 11) is -7.68. The molecule has 3 saturated carbocycles. The Hall–Kier alpha value is -1.59. The summed E-state index contributed by atoms with van der Waals surface area (Å²) in [5.41, 5.74) is 3.86. The van der Waals surface area contributed by atoms with Gasteiger partial charge in [0.2, 0.25) is 0 Å². The van der Waals surface area contributed by atoms with Crippen LogP contribution in [-0.2, 0) is 18.6 Å². The molecule has 1 aromatic rings. The molecule has 0 radical (unpaired) electrons. The number of fused-ring (bicyclic) bond motifs is 1. The van der Waals surface area contributed by atoms with Crippen molar-refractivity contribution in [2.45, 2.75) is 154 Å². The first kappa shape index (κ1) is 40.2. The Bertz CT molecular complexity index is 1570. The lowest BCUT2D eigenvalue weighted by atomic mass is 9.61. The molecule has 0 amide bonds. The van der Waals surface area contributed by atoms with Crippen molar-refractivity contribution in [1.29, 1.82) is 4.78 Å². The van der Waals surface area contributed by atoms with Gasteiger partial charge in [0.25, 0.3) is 0 Å². The molecule has 0 heterocycles. The molecule has 1 aromatic carbocycles. The highest BCUT2D eigenvalue weighted by molar-refractivity contribution is 7.96. The fourth-order valence-corrected chi connectivity index (χ4v) is 11.9. The van der Waals surface area contributed by atoms with E-state index >= 15 is 4.39 Å². The Morgan fingerprint density at radius 2 is 1.61 bits per heavy atom. The average molecular weight is 728 g/mol. The first-order chi connectivity index (χ1) is 22.4. The summed E-state index contributed by atoms with van der Waals surface area (Å²) < 4.78 is 51.2. The SMILES string of the molecule is C=C1/C(=C\C=C2/CCC[C@]3(C)[C@@H]([C@H](C)/C=C(\F)S(=N)(=O)c4ccccc4)CC[C@@H]23)C[C@@H](O[Si](C)(C)C(C)(C)C)C[C@@H]1O[Si](C)(C)C(C)(C)C. The normalized spacial score (nSPS) is 31.1. The lowest BCUT2D eigenvalue weighted by Crippen LogP contribution is -2.49. The standard InChI is InChI=1S/C41H66FNO3SSi2/c1-29(26-38(42)47(43,44)34-19-15-14-16-20-34)35-23-24-36-31(18-17-25-41(35,36)9)21-22-32-27-33(45-48(10,11)39(3,4)5)28-37(30(32)2)46-49(12,13)40(6,7)8/h14-16,19-22,26,29,33,35-37,43H,2,17-18,23-25,27-28H2,1,3-13H3/b31-21+,32-22-,38-26+/t29-,33-,35-,36+,37+,41-,47?/m1/s1. The van der Waals surface area contributed by atoms with Gasteiger partial charge in [0, 0.05) is 6.42 Å². The predicted molar refractivity (Wildman–Crippen MR) is 211 cm³/mol. The van der Waals surface area contributed by atoms with Crippen molar-refractivity contribution in [3.8, 4) is 0 Å². The number of hydrogen-bond acceptors (Lipinski definition) is 4. The summed E-state index contributed by atoms with van der Waals surface area (Å²) in [5, 5.41) is -0.580. The molecular weight excluding hydrogens is 662 g/mol. The first-order valence-corrected chi connectivity index (χ1v) is 25.9. The van der Waals surface area contributed by atoms with Gasteiger partial charge >= 0.3 is 0 Å². The number of benzene rings is 1. The topological polar surface area (TPSA) is 59.4 Å². The number of nitrogens with one attached hydrogen (secondary N) is 1. The fourth-order valence-electron chi connectivity index (χ4n) is 8.05. The van der Waals surface area contributed by atoms with Crippen LogP contribution in [0.15, 0.2) is 81.9 Å². The van der Waals surface area contributed by atoms with E-state index in [0.29, 0.717) is 5.92 Å². The van der Waals surface area contributed by atoms with E-state index in [0.717, 1.165) is 50.5 Å². The highest BCUT2D eigenvalue weighted by Gasteiger charge is 2.51. The molecule has 4 nitrogen and oxygen atoms in total. The molecule has 1 unspecified atom stereocenters. The second-order valence-corrected chi connectivity index (χ2v) is 30.0. The molecule has 0 bridgehead atoms. The minimum absolute atomic E-state index is 0.0277. The van der Waals surface area contributed by atoms with E-state index < -0.39 is 31.5 Å². The van der Waals surface area contributed by atoms with E-state index in [-0.39, 0.29) is 44.4 Å². The van der Waals surface area contributed by atoms with Gasteiger partial charge in [-0.15, -0.1) is 0 Å². The highest BCUT2D eigenvalue weighted by atomic mass is 32.2. The smallest absolute Gasteiger partial charge is 0.196 e. The molecule has 274 valence electrons. The van der Waals surface area contributed by atoms with Crippen molar-refractivity contribution in [2.75, 3.05) is 0 Å². The molecule has 8 heteroatoms. The molecule has 49 heavy (non-hydrogen) atoms. The van der Waals surface area contributed by atoms with Gasteiger partial charge in [-0.05, 0) is 127 Å². The third kappa shape index (κ3) is 8.56. The molecule has 0 spiro atoms. The molecule has 7 atom stereocenters. The molecule has 4 rings (SSSR count). The summed E-state index contributed by atoms with van der Waals surface area (Å²) in [4.78, 5) is 0.223. The van der Waals surface area contributed by atoms with Crippen LogP contribution in [0.5, 0.6) is 0 Å². The number of hydrogen-bond donors (Lipinski definition) is 1. The number of rotatable bonds is 9. The van der Waals surface area contributed by atoms with E-state index in [4.69, 9.17) is 13.6 Å². The molecule has 0 aliphatic heterocycles. The van der Waals surface area contributed by atoms with Crippen molar-refractivity contribution in [2.24, 2.45) is 23.2 Å². The van der Waals surface area contributed by atoms with Crippen LogP contribution in [0.3, 0.4) is 0 Å². The summed E-state index contributed by atoms with van der Waals surface area (Å²) in [6.45, 7) is 32.2. The molecule has 1 N–H and O–H groups in total. The van der Waals surface area contributed by atoms with E-state index in [1.807, 2.05) is 0 Å². The molecule has 3 fully saturated rings. The third-order valence-corrected chi connectivity index (χ3v) is 23.8. The monoisotopic (exact) mass is 727 g/mol. The maximum atomic E-state index is 15.5. The minimum Gasteiger partial charge on any atom is -0.413 e. The van der Waals surface area contributed by atoms with Gasteiger partial charge in [0.1, 0.15) is 9.73 Å². The van der Waals surface area contributed by atoms with Crippen LogP contribution in [0.25, 0.3) is 0 Å². The average Bonchev–Trinajstić information content (AvgIpc) is 3.34. The fraction of sp³-hybridized carbons (Fsp3) is 0.659. The largest absolute Gasteiger partial charge is 0.413 e. The second-order valence-electron chi connectivity index (χ2n) is 18.6. The van der Waals surface area contributed by atoms with Gasteiger partial charge in [-0.1, -0.05) is 97.9 Å². The number of allylic oxidation sites excluding steroid dienone is 4. The Balaban J connectivity index is 1.61. The van der Waals surface area contributed by atoms with Gasteiger partial charge in [0.05, 0.1) is 17.1 Å². The molecular formula is C41H66FNO3SSi2. The minimum atomic E-state index is -3.65. The van der Waals surface area contributed by atoms with Crippen LogP contribution < -0.4 is 0 Å². The van der Waals surface area contributed by atoms with Gasteiger partial charge in [-0.3, -0.25) is 0 Å². The predicted octanol–water partition coefficient (Wildman–Crippen LogP) is 12.7. The lowest BCUT2D eigenvalue weighted by molar-refractivity contribution is 0.0969. The van der Waals surface area contributed by atoms with Crippen molar-refractivity contribution >= 4 is 26.4 Å². The van der Waals surface area contributed by atoms with Crippen LogP contribution in [0.4, 0.5) is 4.39 Å². The first-order valence-electron chi connectivity index (χ1n) is 18.6. The van der Waals surface area contributed by atoms with Crippen LogP contribution in [0, 0.1) is 27.9 Å². The highest BCUT2D eigenvalue weighted by Crippen LogP contribution is 2.60. The van der Waals surface area contributed by atoms with Crippen LogP contribution in [0.2, 0.25) is 36.3 Å². The third-order valence-electron chi connectivity index (χ3n) is 13.2. The Morgan fingerprint density at radius 3 is 2.20 bits per heavy atom. The zero-order valence-corrected chi connectivity index (χ0v) is 35.5. The van der Waals surface area contributed by atoms with Gasteiger partial charge < -0.3 is 8.85 Å².